The predicted octanol–water partition coefficient (Wildman–Crippen LogP) is 1.64. The van der Waals surface area contributed by atoms with Crippen LogP contribution in [0.1, 0.15) is 19.5 Å². The molecule has 0 spiro atoms. The van der Waals surface area contributed by atoms with Gasteiger partial charge in [0.1, 0.15) is 0 Å². The standard InChI is InChI=1S/C7H12N2O.C2H6/c1-9-7(3-5-8-9)4-6-10-2;1-2/h3,5H,4,6H2,1-2H3;1-2H3. The Morgan fingerprint density at radius 1 is 1.50 bits per heavy atom. The van der Waals surface area contributed by atoms with Gasteiger partial charge in [0.2, 0.25) is 0 Å². The van der Waals surface area contributed by atoms with Gasteiger partial charge < -0.3 is 4.74 Å². The highest BCUT2D eigenvalue weighted by atomic mass is 16.5. The van der Waals surface area contributed by atoms with E-state index in [2.05, 4.69) is 5.10 Å². The lowest BCUT2D eigenvalue weighted by molar-refractivity contribution is 0.200. The Morgan fingerprint density at radius 3 is 2.58 bits per heavy atom. The van der Waals surface area contributed by atoms with E-state index in [9.17, 15) is 0 Å². The second-order valence-electron chi connectivity index (χ2n) is 2.19. The molecule has 12 heavy (non-hydrogen) atoms. The molecule has 0 radical (unpaired) electrons. The van der Waals surface area contributed by atoms with Crippen molar-refractivity contribution in [1.82, 2.24) is 9.78 Å². The number of hydrogen-bond donors (Lipinski definition) is 0. The second kappa shape index (κ2) is 6.85. The SMILES string of the molecule is CC.COCCc1ccnn1C. The molecular formula is C9H18N2O. The van der Waals surface area contributed by atoms with E-state index >= 15 is 0 Å². The molecule has 0 N–H and O–H groups in total. The summed E-state index contributed by atoms with van der Waals surface area (Å²) in [4.78, 5) is 0. The Hall–Kier alpha value is -0.830. The zero-order valence-corrected chi connectivity index (χ0v) is 8.37. The molecule has 1 aromatic rings. The van der Waals surface area contributed by atoms with Crippen molar-refractivity contribution in [2.75, 3.05) is 13.7 Å². The molecule has 1 aromatic heterocycles. The highest BCUT2D eigenvalue weighted by molar-refractivity contribution is 4.99. The summed E-state index contributed by atoms with van der Waals surface area (Å²) in [5, 5.41) is 4.03. The Morgan fingerprint density at radius 2 is 2.17 bits per heavy atom. The van der Waals surface area contributed by atoms with Crippen LogP contribution in [-0.2, 0) is 18.2 Å². The van der Waals surface area contributed by atoms with E-state index in [4.69, 9.17) is 4.74 Å². The Labute approximate surface area is 74.3 Å². The van der Waals surface area contributed by atoms with Gasteiger partial charge in [-0.3, -0.25) is 4.68 Å². The number of aromatic nitrogens is 2. The minimum absolute atomic E-state index is 0.763. The maximum atomic E-state index is 4.93. The molecule has 0 saturated carbocycles. The molecule has 0 aromatic carbocycles. The fourth-order valence-corrected chi connectivity index (χ4v) is 0.853. The molecule has 0 aliphatic carbocycles. The van der Waals surface area contributed by atoms with Crippen molar-refractivity contribution in [3.05, 3.63) is 18.0 Å². The predicted molar refractivity (Wildman–Crippen MR) is 50.1 cm³/mol. The van der Waals surface area contributed by atoms with E-state index in [0.717, 1.165) is 13.0 Å². The highest BCUT2D eigenvalue weighted by Crippen LogP contribution is 1.96. The molecule has 0 amide bonds. The molecule has 0 unspecified atom stereocenters. The zero-order valence-electron chi connectivity index (χ0n) is 8.37. The molecule has 0 bridgehead atoms. The second-order valence-corrected chi connectivity index (χ2v) is 2.19. The number of rotatable bonds is 3. The lowest BCUT2D eigenvalue weighted by atomic mass is 10.3. The Balaban J connectivity index is 0.000000561. The van der Waals surface area contributed by atoms with Crippen LogP contribution >= 0.6 is 0 Å². The summed E-state index contributed by atoms with van der Waals surface area (Å²) >= 11 is 0. The van der Waals surface area contributed by atoms with E-state index in [1.165, 1.54) is 5.69 Å². The first-order valence-electron chi connectivity index (χ1n) is 4.30. The first-order valence-corrected chi connectivity index (χ1v) is 4.30. The van der Waals surface area contributed by atoms with E-state index in [1.54, 1.807) is 13.3 Å². The van der Waals surface area contributed by atoms with Gasteiger partial charge in [-0.2, -0.15) is 5.10 Å². The average Bonchev–Trinajstić information content (AvgIpc) is 2.51. The highest BCUT2D eigenvalue weighted by Gasteiger charge is 1.95. The third-order valence-electron chi connectivity index (χ3n) is 1.48. The summed E-state index contributed by atoms with van der Waals surface area (Å²) in [6.07, 6.45) is 2.73. The Kier molecular flexibility index (Phi) is 6.38. The number of ether oxygens (including phenoxy) is 1. The average molecular weight is 170 g/mol. The van der Waals surface area contributed by atoms with Crippen LogP contribution < -0.4 is 0 Å². The molecule has 0 aliphatic rings. The summed E-state index contributed by atoms with van der Waals surface area (Å²) in [6, 6.07) is 2.00. The maximum absolute atomic E-state index is 4.93. The van der Waals surface area contributed by atoms with Crippen molar-refractivity contribution in [3.8, 4) is 0 Å². The summed E-state index contributed by atoms with van der Waals surface area (Å²) in [7, 11) is 3.64. The number of nitrogens with zero attached hydrogens (tertiary/aromatic N) is 2. The molecule has 0 aliphatic heterocycles. The van der Waals surface area contributed by atoms with Gasteiger partial charge in [0.05, 0.1) is 6.61 Å². The van der Waals surface area contributed by atoms with Crippen LogP contribution in [0.2, 0.25) is 0 Å². The van der Waals surface area contributed by atoms with Crippen LogP contribution in [0.5, 0.6) is 0 Å². The van der Waals surface area contributed by atoms with Crippen molar-refractivity contribution >= 4 is 0 Å². The summed E-state index contributed by atoms with van der Waals surface area (Å²) in [5.74, 6) is 0. The van der Waals surface area contributed by atoms with Crippen LogP contribution in [0.25, 0.3) is 0 Å². The monoisotopic (exact) mass is 170 g/mol. The molecule has 0 fully saturated rings. The largest absolute Gasteiger partial charge is 0.384 e. The van der Waals surface area contributed by atoms with Crippen molar-refractivity contribution in [3.63, 3.8) is 0 Å². The van der Waals surface area contributed by atoms with Gasteiger partial charge in [-0.25, -0.2) is 0 Å². The fourth-order valence-electron chi connectivity index (χ4n) is 0.853. The third-order valence-corrected chi connectivity index (χ3v) is 1.48. The third kappa shape index (κ3) is 3.53. The number of aryl methyl sites for hydroxylation is 1. The maximum Gasteiger partial charge on any atom is 0.0517 e. The Bertz CT molecular complexity index is 196. The first kappa shape index (κ1) is 11.2. The summed E-state index contributed by atoms with van der Waals surface area (Å²) in [6.45, 7) is 4.76. The van der Waals surface area contributed by atoms with Crippen molar-refractivity contribution in [1.29, 1.82) is 0 Å². The van der Waals surface area contributed by atoms with Crippen molar-refractivity contribution in [2.45, 2.75) is 20.3 Å². The van der Waals surface area contributed by atoms with E-state index in [0.29, 0.717) is 0 Å². The lowest BCUT2D eigenvalue weighted by Gasteiger charge is -1.98. The molecule has 0 saturated heterocycles. The minimum Gasteiger partial charge on any atom is -0.384 e. The van der Waals surface area contributed by atoms with Crippen LogP contribution in [-0.4, -0.2) is 23.5 Å². The van der Waals surface area contributed by atoms with Gasteiger partial charge in [-0.05, 0) is 6.07 Å². The van der Waals surface area contributed by atoms with Gasteiger partial charge >= 0.3 is 0 Å². The molecule has 70 valence electrons. The summed E-state index contributed by atoms with van der Waals surface area (Å²) in [5.41, 5.74) is 1.21. The minimum atomic E-state index is 0.763. The summed E-state index contributed by atoms with van der Waals surface area (Å²) < 4.78 is 6.79. The lowest BCUT2D eigenvalue weighted by Crippen LogP contribution is -2.01. The van der Waals surface area contributed by atoms with Crippen LogP contribution in [0.3, 0.4) is 0 Å². The van der Waals surface area contributed by atoms with Gasteiger partial charge in [0, 0.05) is 32.5 Å². The molecule has 3 heteroatoms. The molecular weight excluding hydrogens is 152 g/mol. The van der Waals surface area contributed by atoms with Crippen LogP contribution in [0.15, 0.2) is 12.3 Å². The molecule has 0 atom stereocenters. The van der Waals surface area contributed by atoms with Crippen LogP contribution in [0.4, 0.5) is 0 Å². The normalized spacial score (nSPS) is 9.00. The van der Waals surface area contributed by atoms with Crippen molar-refractivity contribution < 1.29 is 4.74 Å². The zero-order chi connectivity index (χ0) is 9.40. The molecule has 3 nitrogen and oxygen atoms in total. The van der Waals surface area contributed by atoms with E-state index in [-0.39, 0.29) is 0 Å². The van der Waals surface area contributed by atoms with Gasteiger partial charge in [-0.15, -0.1) is 0 Å². The first-order chi connectivity index (χ1) is 5.84. The van der Waals surface area contributed by atoms with Gasteiger partial charge in [0.15, 0.2) is 0 Å². The van der Waals surface area contributed by atoms with Gasteiger partial charge in [0.25, 0.3) is 0 Å². The quantitative estimate of drug-likeness (QED) is 0.689. The number of methoxy groups -OCH3 is 1. The topological polar surface area (TPSA) is 27.1 Å². The van der Waals surface area contributed by atoms with E-state index < -0.39 is 0 Å². The van der Waals surface area contributed by atoms with Crippen LogP contribution in [0, 0.1) is 0 Å². The smallest absolute Gasteiger partial charge is 0.0517 e. The van der Waals surface area contributed by atoms with Gasteiger partial charge in [-0.1, -0.05) is 13.8 Å². The molecule has 1 rings (SSSR count). The fraction of sp³-hybridized carbons (Fsp3) is 0.667. The van der Waals surface area contributed by atoms with E-state index in [1.807, 2.05) is 31.6 Å². The molecule has 1 heterocycles. The number of hydrogen-bond acceptors (Lipinski definition) is 2. The van der Waals surface area contributed by atoms with Crippen molar-refractivity contribution in [2.24, 2.45) is 7.05 Å².